The van der Waals surface area contributed by atoms with Crippen LogP contribution >= 0.6 is 0 Å². The van der Waals surface area contributed by atoms with E-state index in [1.54, 1.807) is 32.9 Å². The second-order valence-corrected chi connectivity index (χ2v) is 11.6. The Morgan fingerprint density at radius 3 is 1.66 bits per heavy atom. The van der Waals surface area contributed by atoms with E-state index in [9.17, 15) is 19.2 Å². The Bertz CT molecular complexity index is 1200. The Hall–Kier alpha value is -4.81. The summed E-state index contributed by atoms with van der Waals surface area (Å²) in [7, 11) is 0. The van der Waals surface area contributed by atoms with Crippen molar-refractivity contribution in [2.24, 2.45) is 5.41 Å². The Labute approximate surface area is 256 Å². The maximum atomic E-state index is 13.3. The summed E-state index contributed by atoms with van der Waals surface area (Å²) in [6.07, 6.45) is -4.02. The van der Waals surface area contributed by atoms with Crippen molar-refractivity contribution in [2.45, 2.75) is 78.9 Å². The molecular weight excluding hydrogens is 576 g/mol. The van der Waals surface area contributed by atoms with E-state index in [0.29, 0.717) is 0 Å². The van der Waals surface area contributed by atoms with E-state index < -0.39 is 59.8 Å². The van der Waals surface area contributed by atoms with Gasteiger partial charge in [-0.25, -0.2) is 14.4 Å². The average molecular weight is 619 g/mol. The fourth-order valence-electron chi connectivity index (χ4n) is 3.31. The van der Waals surface area contributed by atoms with Gasteiger partial charge in [0.2, 0.25) is 5.91 Å². The van der Waals surface area contributed by atoms with Crippen molar-refractivity contribution in [1.82, 2.24) is 10.6 Å². The Kier molecular flexibility index (Phi) is 15.2. The van der Waals surface area contributed by atoms with Crippen LogP contribution < -0.4 is 10.6 Å². The van der Waals surface area contributed by atoms with Gasteiger partial charge in [0, 0.05) is 0 Å². The summed E-state index contributed by atoms with van der Waals surface area (Å²) in [4.78, 5) is 59.1. The SMILES string of the molecule is CC(C)(C)OC(=O)N[C@H](CC(=O)OCc1ccccc1)C(=O)N[C@H](COC(=O)OCc1ccccc1)C(C)(C)C.O=C(O)O. The number of rotatable bonds is 11. The van der Waals surface area contributed by atoms with Gasteiger partial charge in [-0.1, -0.05) is 81.4 Å². The van der Waals surface area contributed by atoms with Crippen LogP contribution in [0.4, 0.5) is 14.4 Å². The highest BCUT2D eigenvalue weighted by molar-refractivity contribution is 5.89. The van der Waals surface area contributed by atoms with E-state index in [1.165, 1.54) is 0 Å². The number of hydrogen-bond acceptors (Lipinski definition) is 9. The molecule has 2 aromatic carbocycles. The van der Waals surface area contributed by atoms with Crippen LogP contribution in [0.25, 0.3) is 0 Å². The van der Waals surface area contributed by atoms with Gasteiger partial charge in [-0.2, -0.15) is 0 Å². The predicted octanol–water partition coefficient (Wildman–Crippen LogP) is 5.12. The maximum absolute atomic E-state index is 13.3. The molecule has 0 radical (unpaired) electrons. The summed E-state index contributed by atoms with van der Waals surface area (Å²) in [5.74, 6) is -1.35. The molecule has 0 aliphatic rings. The second-order valence-electron chi connectivity index (χ2n) is 11.6. The van der Waals surface area contributed by atoms with Crippen molar-refractivity contribution >= 4 is 30.3 Å². The molecule has 0 heterocycles. The molecule has 0 aromatic heterocycles. The third kappa shape index (κ3) is 17.2. The molecule has 4 N–H and O–H groups in total. The second kappa shape index (κ2) is 18.0. The molecule has 0 aliphatic carbocycles. The quantitative estimate of drug-likeness (QED) is 0.193. The number of esters is 1. The number of carboxylic acid groups (broad SMARTS) is 2. The van der Waals surface area contributed by atoms with Crippen molar-refractivity contribution < 1.29 is 53.1 Å². The molecule has 0 saturated heterocycles. The number of nitrogens with one attached hydrogen (secondary N) is 2. The summed E-state index contributed by atoms with van der Waals surface area (Å²) in [5, 5.41) is 19.2. The molecule has 2 amide bonds. The van der Waals surface area contributed by atoms with E-state index in [2.05, 4.69) is 10.6 Å². The zero-order chi connectivity index (χ0) is 33.3. The standard InChI is InChI=1S/C30H40N2O8.CH2O3/c1-29(2,3)24(20-39-28(36)38-19-22-15-11-8-12-16-22)32-26(34)23(31-27(35)40-30(4,5)6)17-25(33)37-18-21-13-9-7-10-14-21;2-1(3)4/h7-16,23-24H,17-20H2,1-6H3,(H,31,35)(H,32,34);(H2,2,3,4)/t23-,24-;/m1./s1. The minimum atomic E-state index is -1.83. The minimum absolute atomic E-state index is 0.0179. The van der Waals surface area contributed by atoms with E-state index >= 15 is 0 Å². The van der Waals surface area contributed by atoms with Gasteiger partial charge in [0.1, 0.15) is 31.5 Å². The zero-order valence-electron chi connectivity index (χ0n) is 25.8. The Morgan fingerprint density at radius 1 is 0.727 bits per heavy atom. The number of carbonyl (C=O) groups excluding carboxylic acids is 4. The first-order valence-corrected chi connectivity index (χ1v) is 13.7. The number of ether oxygens (including phenoxy) is 4. The zero-order valence-corrected chi connectivity index (χ0v) is 25.8. The van der Waals surface area contributed by atoms with Gasteiger partial charge in [-0.3, -0.25) is 9.59 Å². The molecule has 0 unspecified atom stereocenters. The van der Waals surface area contributed by atoms with E-state index in [0.717, 1.165) is 11.1 Å². The first kappa shape index (κ1) is 37.2. The molecule has 0 spiro atoms. The summed E-state index contributed by atoms with van der Waals surface area (Å²) in [6, 6.07) is 16.2. The first-order chi connectivity index (χ1) is 20.5. The topological polar surface area (TPSA) is 187 Å². The number of carbonyl (C=O) groups is 5. The van der Waals surface area contributed by atoms with Gasteiger partial charge in [0.05, 0.1) is 12.5 Å². The van der Waals surface area contributed by atoms with Gasteiger partial charge in [-0.05, 0) is 37.3 Å². The molecular formula is C31H42N2O11. The monoisotopic (exact) mass is 618 g/mol. The highest BCUT2D eigenvalue weighted by atomic mass is 16.7. The molecule has 0 fully saturated rings. The van der Waals surface area contributed by atoms with E-state index in [4.69, 9.17) is 34.0 Å². The molecule has 242 valence electrons. The van der Waals surface area contributed by atoms with Crippen LogP contribution in [0.15, 0.2) is 60.7 Å². The number of amides is 2. The van der Waals surface area contributed by atoms with Crippen molar-refractivity contribution in [3.63, 3.8) is 0 Å². The highest BCUT2D eigenvalue weighted by Gasteiger charge is 2.33. The largest absolute Gasteiger partial charge is 0.508 e. The molecule has 0 aliphatic heterocycles. The Balaban J connectivity index is 0.00000227. The summed E-state index contributed by atoms with van der Waals surface area (Å²) in [5.41, 5.74) is 0.205. The van der Waals surface area contributed by atoms with Gasteiger partial charge >= 0.3 is 24.4 Å². The third-order valence-electron chi connectivity index (χ3n) is 5.55. The van der Waals surface area contributed by atoms with Crippen LogP contribution in [0.1, 0.15) is 59.1 Å². The number of hydrogen-bond donors (Lipinski definition) is 4. The summed E-state index contributed by atoms with van der Waals surface area (Å²) in [6.45, 7) is 10.5. The lowest BCUT2D eigenvalue weighted by Gasteiger charge is -2.32. The highest BCUT2D eigenvalue weighted by Crippen LogP contribution is 2.20. The van der Waals surface area contributed by atoms with Crippen molar-refractivity contribution in [3.8, 4) is 0 Å². The average Bonchev–Trinajstić information content (AvgIpc) is 2.91. The van der Waals surface area contributed by atoms with Crippen LogP contribution in [0.5, 0.6) is 0 Å². The Morgan fingerprint density at radius 2 is 1.20 bits per heavy atom. The smallest absolute Gasteiger partial charge is 0.461 e. The lowest BCUT2D eigenvalue weighted by molar-refractivity contribution is -0.147. The first-order valence-electron chi connectivity index (χ1n) is 13.7. The molecule has 2 atom stereocenters. The molecule has 44 heavy (non-hydrogen) atoms. The normalized spacial score (nSPS) is 12.2. The fraction of sp³-hybridized carbons (Fsp3) is 0.452. The number of benzene rings is 2. The molecule has 2 rings (SSSR count). The maximum Gasteiger partial charge on any atom is 0.508 e. The third-order valence-corrected chi connectivity index (χ3v) is 5.55. The fourth-order valence-corrected chi connectivity index (χ4v) is 3.31. The van der Waals surface area contributed by atoms with Crippen LogP contribution in [-0.2, 0) is 41.8 Å². The van der Waals surface area contributed by atoms with Gasteiger partial charge in [-0.15, -0.1) is 0 Å². The summed E-state index contributed by atoms with van der Waals surface area (Å²) >= 11 is 0. The minimum Gasteiger partial charge on any atom is -0.461 e. The predicted molar refractivity (Wildman–Crippen MR) is 159 cm³/mol. The van der Waals surface area contributed by atoms with E-state index in [-0.39, 0.29) is 19.8 Å². The van der Waals surface area contributed by atoms with Gasteiger partial charge in [0.15, 0.2) is 0 Å². The summed E-state index contributed by atoms with van der Waals surface area (Å²) < 4.78 is 21.0. The lowest BCUT2D eigenvalue weighted by atomic mass is 9.87. The van der Waals surface area contributed by atoms with Gasteiger partial charge < -0.3 is 39.8 Å². The van der Waals surface area contributed by atoms with Crippen molar-refractivity contribution in [1.29, 1.82) is 0 Å². The molecule has 13 nitrogen and oxygen atoms in total. The van der Waals surface area contributed by atoms with Gasteiger partial charge in [0.25, 0.3) is 0 Å². The molecule has 2 aromatic rings. The van der Waals surface area contributed by atoms with E-state index in [1.807, 2.05) is 69.3 Å². The molecule has 0 saturated carbocycles. The lowest BCUT2D eigenvalue weighted by Crippen LogP contribution is -2.55. The van der Waals surface area contributed by atoms with Crippen LogP contribution in [0.2, 0.25) is 0 Å². The van der Waals surface area contributed by atoms with Crippen LogP contribution in [0, 0.1) is 5.41 Å². The van der Waals surface area contributed by atoms with Crippen molar-refractivity contribution in [2.75, 3.05) is 6.61 Å². The molecule has 13 heteroatoms. The van der Waals surface area contributed by atoms with Crippen LogP contribution in [0.3, 0.4) is 0 Å². The number of alkyl carbamates (subject to hydrolysis) is 1. The molecule has 0 bridgehead atoms. The van der Waals surface area contributed by atoms with Crippen LogP contribution in [-0.4, -0.2) is 64.8 Å². The van der Waals surface area contributed by atoms with Crippen molar-refractivity contribution in [3.05, 3.63) is 71.8 Å².